The van der Waals surface area contributed by atoms with E-state index in [0.717, 1.165) is 24.5 Å². The molecule has 16 heavy (non-hydrogen) atoms. The van der Waals surface area contributed by atoms with Gasteiger partial charge in [0.25, 0.3) is 0 Å². The van der Waals surface area contributed by atoms with Crippen molar-refractivity contribution in [2.75, 3.05) is 0 Å². The summed E-state index contributed by atoms with van der Waals surface area (Å²) in [6.45, 7) is 2.11. The number of hydrogen-bond acceptors (Lipinski definition) is 5. The Kier molecular flexibility index (Phi) is 4.26. The van der Waals surface area contributed by atoms with Gasteiger partial charge in [-0.1, -0.05) is 37.1 Å². The lowest BCUT2D eigenvalue weighted by Gasteiger charge is -2.18. The minimum atomic E-state index is 0.248. The summed E-state index contributed by atoms with van der Waals surface area (Å²) in [6, 6.07) is 0.248. The lowest BCUT2D eigenvalue weighted by atomic mass is 9.97. The molecular weight excluding hydrogens is 220 g/mol. The summed E-state index contributed by atoms with van der Waals surface area (Å²) in [6.07, 6.45) is 7.53. The highest BCUT2D eigenvalue weighted by molar-refractivity contribution is 7.05. The number of nitrogens with zero attached hydrogens (tertiary/aromatic N) is 2. The second kappa shape index (κ2) is 5.70. The number of nitrogens with one attached hydrogen (secondary N) is 1. The monoisotopic (exact) mass is 240 g/mol. The normalized spacial score (nSPS) is 19.1. The molecule has 5 heteroatoms. The van der Waals surface area contributed by atoms with Crippen molar-refractivity contribution in [2.24, 2.45) is 11.8 Å². The predicted octanol–water partition coefficient (Wildman–Crippen LogP) is 2.19. The molecular formula is C11H20N4S. The molecule has 90 valence electrons. The molecule has 0 bridgehead atoms. The Balaban J connectivity index is 2.03. The van der Waals surface area contributed by atoms with Gasteiger partial charge in [0.1, 0.15) is 0 Å². The van der Waals surface area contributed by atoms with E-state index in [2.05, 4.69) is 21.9 Å². The lowest BCUT2D eigenvalue weighted by Crippen LogP contribution is -2.29. The zero-order chi connectivity index (χ0) is 11.4. The number of aryl methyl sites for hydroxylation is 1. The number of rotatable bonds is 5. The topological polar surface area (TPSA) is 63.8 Å². The van der Waals surface area contributed by atoms with Gasteiger partial charge in [0, 0.05) is 0 Å². The van der Waals surface area contributed by atoms with Crippen molar-refractivity contribution < 1.29 is 0 Å². The summed E-state index contributed by atoms with van der Waals surface area (Å²) < 4.78 is 4.03. The number of nitrogens with two attached hydrogens (primary N) is 1. The van der Waals surface area contributed by atoms with Gasteiger partial charge in [0.15, 0.2) is 0 Å². The number of hydrazine groups is 1. The maximum Gasteiger partial charge on any atom is 0.0801 e. The van der Waals surface area contributed by atoms with Crippen LogP contribution in [0.25, 0.3) is 0 Å². The van der Waals surface area contributed by atoms with Crippen LogP contribution < -0.4 is 11.3 Å². The van der Waals surface area contributed by atoms with Crippen LogP contribution in [0.5, 0.6) is 0 Å². The molecule has 1 unspecified atom stereocenters. The molecule has 1 aromatic heterocycles. The minimum absolute atomic E-state index is 0.248. The zero-order valence-corrected chi connectivity index (χ0v) is 10.6. The Hall–Kier alpha value is -0.520. The van der Waals surface area contributed by atoms with Crippen LogP contribution in [0.15, 0.2) is 0 Å². The van der Waals surface area contributed by atoms with E-state index in [1.54, 1.807) is 0 Å². The van der Waals surface area contributed by atoms with E-state index in [9.17, 15) is 0 Å². The van der Waals surface area contributed by atoms with Gasteiger partial charge in [0.05, 0.1) is 16.6 Å². The fourth-order valence-electron chi connectivity index (χ4n) is 2.56. The Labute approximate surface area is 101 Å². The highest BCUT2D eigenvalue weighted by Gasteiger charge is 2.23. The van der Waals surface area contributed by atoms with E-state index in [-0.39, 0.29) is 6.04 Å². The fraction of sp³-hybridized carbons (Fsp3) is 0.818. The standard InChI is InChI=1S/C11H20N4S/c1-2-9-11(16-15-14-9)10(13-12)7-8-5-3-4-6-8/h8,10,13H,2-7,12H2,1H3. The second-order valence-electron chi connectivity index (χ2n) is 4.54. The molecule has 0 aliphatic heterocycles. The lowest BCUT2D eigenvalue weighted by molar-refractivity contribution is 0.402. The Morgan fingerprint density at radius 1 is 1.50 bits per heavy atom. The van der Waals surface area contributed by atoms with Crippen molar-refractivity contribution >= 4 is 11.5 Å². The van der Waals surface area contributed by atoms with E-state index in [1.165, 1.54) is 42.1 Å². The SMILES string of the molecule is CCc1nnsc1C(CC1CCCC1)NN. The molecule has 1 aromatic rings. The molecule has 3 N–H and O–H groups in total. The molecule has 0 aromatic carbocycles. The van der Waals surface area contributed by atoms with Gasteiger partial charge < -0.3 is 0 Å². The third-order valence-corrected chi connectivity index (χ3v) is 4.36. The number of aromatic nitrogens is 2. The molecule has 2 rings (SSSR count). The highest BCUT2D eigenvalue weighted by Crippen LogP contribution is 2.34. The fourth-order valence-corrected chi connectivity index (χ4v) is 3.36. The van der Waals surface area contributed by atoms with Gasteiger partial charge in [-0.15, -0.1) is 5.10 Å². The van der Waals surface area contributed by atoms with Gasteiger partial charge in [0.2, 0.25) is 0 Å². The van der Waals surface area contributed by atoms with Gasteiger partial charge in [-0.2, -0.15) is 0 Å². The smallest absolute Gasteiger partial charge is 0.0801 e. The van der Waals surface area contributed by atoms with E-state index in [0.29, 0.717) is 0 Å². The summed E-state index contributed by atoms with van der Waals surface area (Å²) in [4.78, 5) is 1.23. The van der Waals surface area contributed by atoms with Crippen molar-refractivity contribution in [1.82, 2.24) is 15.0 Å². The molecule has 0 amide bonds. The van der Waals surface area contributed by atoms with Crippen molar-refractivity contribution in [3.05, 3.63) is 10.6 Å². The average molecular weight is 240 g/mol. The van der Waals surface area contributed by atoms with Gasteiger partial charge in [-0.3, -0.25) is 11.3 Å². The predicted molar refractivity (Wildman–Crippen MR) is 65.9 cm³/mol. The first-order chi connectivity index (χ1) is 7.85. The first-order valence-electron chi connectivity index (χ1n) is 6.12. The van der Waals surface area contributed by atoms with Gasteiger partial charge in [-0.05, 0) is 30.3 Å². The van der Waals surface area contributed by atoms with Crippen LogP contribution in [-0.4, -0.2) is 9.59 Å². The first kappa shape index (κ1) is 12.0. The molecule has 4 nitrogen and oxygen atoms in total. The van der Waals surface area contributed by atoms with Crippen LogP contribution in [0.1, 0.15) is 55.6 Å². The third kappa shape index (κ3) is 2.59. The molecule has 1 aliphatic rings. The Bertz CT molecular complexity index is 320. The maximum absolute atomic E-state index is 5.67. The van der Waals surface area contributed by atoms with Gasteiger partial charge in [-0.25, -0.2) is 0 Å². The molecule has 1 heterocycles. The quantitative estimate of drug-likeness (QED) is 0.611. The molecule has 0 radical (unpaired) electrons. The molecule has 0 spiro atoms. The number of hydrogen-bond donors (Lipinski definition) is 2. The van der Waals surface area contributed by atoms with Crippen LogP contribution in [0.2, 0.25) is 0 Å². The van der Waals surface area contributed by atoms with E-state index >= 15 is 0 Å². The van der Waals surface area contributed by atoms with Crippen molar-refractivity contribution in [3.63, 3.8) is 0 Å². The molecule has 1 fully saturated rings. The summed E-state index contributed by atoms with van der Waals surface area (Å²) in [7, 11) is 0. The van der Waals surface area contributed by atoms with Crippen molar-refractivity contribution in [2.45, 2.75) is 51.5 Å². The minimum Gasteiger partial charge on any atom is -0.271 e. The summed E-state index contributed by atoms with van der Waals surface area (Å²) in [5.41, 5.74) is 4.04. The maximum atomic E-state index is 5.67. The highest BCUT2D eigenvalue weighted by atomic mass is 32.1. The third-order valence-electron chi connectivity index (χ3n) is 3.48. The van der Waals surface area contributed by atoms with Crippen LogP contribution >= 0.6 is 11.5 Å². The molecule has 1 aliphatic carbocycles. The van der Waals surface area contributed by atoms with Crippen molar-refractivity contribution in [3.8, 4) is 0 Å². The van der Waals surface area contributed by atoms with E-state index in [1.807, 2.05) is 0 Å². The molecule has 0 saturated heterocycles. The summed E-state index contributed by atoms with van der Waals surface area (Å²) in [5.74, 6) is 6.49. The van der Waals surface area contributed by atoms with E-state index < -0.39 is 0 Å². The zero-order valence-electron chi connectivity index (χ0n) is 9.78. The molecule has 1 atom stereocenters. The largest absolute Gasteiger partial charge is 0.271 e. The van der Waals surface area contributed by atoms with Gasteiger partial charge >= 0.3 is 0 Å². The van der Waals surface area contributed by atoms with Crippen LogP contribution in [0.3, 0.4) is 0 Å². The van der Waals surface area contributed by atoms with Crippen molar-refractivity contribution in [1.29, 1.82) is 0 Å². The van der Waals surface area contributed by atoms with Crippen LogP contribution in [0.4, 0.5) is 0 Å². The van der Waals surface area contributed by atoms with Crippen LogP contribution in [0, 0.1) is 5.92 Å². The molecule has 1 saturated carbocycles. The van der Waals surface area contributed by atoms with Crippen LogP contribution in [-0.2, 0) is 6.42 Å². The first-order valence-corrected chi connectivity index (χ1v) is 6.89. The van der Waals surface area contributed by atoms with E-state index in [4.69, 9.17) is 5.84 Å². The Morgan fingerprint density at radius 3 is 2.88 bits per heavy atom. The second-order valence-corrected chi connectivity index (χ2v) is 5.33. The Morgan fingerprint density at radius 2 is 2.25 bits per heavy atom. The summed E-state index contributed by atoms with van der Waals surface area (Å²) >= 11 is 1.49. The average Bonchev–Trinajstić information content (AvgIpc) is 2.96. The summed E-state index contributed by atoms with van der Waals surface area (Å²) in [5, 5.41) is 4.15.